The maximum Gasteiger partial charge on any atom is 0.0701 e. The molecule has 2 saturated heterocycles. The largest absolute Gasteiger partial charge is 0.375 e. The zero-order valence-electron chi connectivity index (χ0n) is 11.4. The van der Waals surface area contributed by atoms with E-state index in [2.05, 4.69) is 44.6 Å². The lowest BCUT2D eigenvalue weighted by molar-refractivity contribution is -0.107. The number of rotatable bonds is 3. The highest BCUT2D eigenvalue weighted by atomic mass is 79.9. The van der Waals surface area contributed by atoms with Crippen molar-refractivity contribution >= 4 is 39.0 Å². The number of hydrogen-bond acceptors (Lipinski definition) is 5. The summed E-state index contributed by atoms with van der Waals surface area (Å²) in [5.74, 6) is 8.90. The van der Waals surface area contributed by atoms with E-state index in [1.165, 1.54) is 33.7 Å². The summed E-state index contributed by atoms with van der Waals surface area (Å²) in [6.45, 7) is 0.872. The van der Waals surface area contributed by atoms with Crippen LogP contribution >= 0.6 is 39.0 Å². The van der Waals surface area contributed by atoms with Gasteiger partial charge in [-0.15, -0.1) is 11.3 Å². The average Bonchev–Trinajstić information content (AvgIpc) is 2.87. The molecule has 1 aromatic heterocycles. The molecular formula is C14H21BrN2OS2. The molecule has 20 heavy (non-hydrogen) atoms. The van der Waals surface area contributed by atoms with Crippen LogP contribution in [0.3, 0.4) is 0 Å². The lowest BCUT2D eigenvalue weighted by atomic mass is 9.78. The minimum absolute atomic E-state index is 0.118. The maximum atomic E-state index is 6.19. The van der Waals surface area contributed by atoms with Crippen molar-refractivity contribution < 1.29 is 4.74 Å². The lowest BCUT2D eigenvalue weighted by Gasteiger charge is -2.45. The standard InChI is InChI=1S/C14H21BrN2OS2/c15-11-2-6-20-13(11)12(17-16)10-1-5-18-14(9-10)3-7-19-8-4-14/h2,6,10,12,17H,1,3-5,7-9,16H2. The number of hydrogen-bond donors (Lipinski definition) is 2. The van der Waals surface area contributed by atoms with Gasteiger partial charge in [-0.05, 0) is 70.5 Å². The molecule has 0 aromatic carbocycles. The topological polar surface area (TPSA) is 47.3 Å². The van der Waals surface area contributed by atoms with E-state index in [9.17, 15) is 0 Å². The Labute approximate surface area is 137 Å². The fourth-order valence-corrected chi connectivity index (χ4v) is 6.40. The number of ether oxygens (including phenoxy) is 1. The zero-order valence-corrected chi connectivity index (χ0v) is 14.7. The van der Waals surface area contributed by atoms with E-state index in [1.807, 2.05) is 0 Å². The number of thioether (sulfide) groups is 1. The van der Waals surface area contributed by atoms with Crippen molar-refractivity contribution in [3.8, 4) is 0 Å². The number of nitrogens with one attached hydrogen (secondary N) is 1. The Morgan fingerprint density at radius 2 is 2.25 bits per heavy atom. The van der Waals surface area contributed by atoms with Crippen molar-refractivity contribution in [2.75, 3.05) is 18.1 Å². The lowest BCUT2D eigenvalue weighted by Crippen LogP contribution is -2.46. The first-order valence-corrected chi connectivity index (χ1v) is 9.97. The predicted molar refractivity (Wildman–Crippen MR) is 90.0 cm³/mol. The molecule has 0 aliphatic carbocycles. The Morgan fingerprint density at radius 3 is 2.90 bits per heavy atom. The van der Waals surface area contributed by atoms with Gasteiger partial charge in [0, 0.05) is 16.0 Å². The van der Waals surface area contributed by atoms with E-state index < -0.39 is 0 Å². The van der Waals surface area contributed by atoms with Crippen LogP contribution < -0.4 is 11.3 Å². The fourth-order valence-electron chi connectivity index (χ4n) is 3.40. The Kier molecular flexibility index (Phi) is 5.10. The minimum Gasteiger partial charge on any atom is -0.375 e. The first-order chi connectivity index (χ1) is 9.74. The van der Waals surface area contributed by atoms with Crippen molar-refractivity contribution in [2.24, 2.45) is 11.8 Å². The highest BCUT2D eigenvalue weighted by Gasteiger charge is 2.41. The van der Waals surface area contributed by atoms with Gasteiger partial charge in [0.2, 0.25) is 0 Å². The molecule has 0 amide bonds. The summed E-state index contributed by atoms with van der Waals surface area (Å²) in [7, 11) is 0. The fraction of sp³-hybridized carbons (Fsp3) is 0.714. The van der Waals surface area contributed by atoms with Crippen LogP contribution in [0.5, 0.6) is 0 Å². The summed E-state index contributed by atoms with van der Waals surface area (Å²) in [4.78, 5) is 1.32. The predicted octanol–water partition coefficient (Wildman–Crippen LogP) is 3.71. The van der Waals surface area contributed by atoms with E-state index in [0.717, 1.165) is 19.4 Å². The summed E-state index contributed by atoms with van der Waals surface area (Å²) in [6.07, 6.45) is 4.61. The summed E-state index contributed by atoms with van der Waals surface area (Å²) >= 11 is 7.47. The van der Waals surface area contributed by atoms with Gasteiger partial charge >= 0.3 is 0 Å². The molecule has 3 nitrogen and oxygen atoms in total. The second-order valence-corrected chi connectivity index (χ2v) is 8.70. The average molecular weight is 377 g/mol. The first kappa shape index (κ1) is 15.3. The van der Waals surface area contributed by atoms with Crippen LogP contribution in [0.25, 0.3) is 0 Å². The number of nitrogens with two attached hydrogens (primary N) is 1. The normalized spacial score (nSPS) is 27.6. The van der Waals surface area contributed by atoms with Crippen LogP contribution in [0.15, 0.2) is 15.9 Å². The first-order valence-electron chi connectivity index (χ1n) is 7.15. The molecular weight excluding hydrogens is 356 g/mol. The van der Waals surface area contributed by atoms with Crippen molar-refractivity contribution in [1.82, 2.24) is 5.43 Å². The van der Waals surface area contributed by atoms with Crippen molar-refractivity contribution in [3.05, 3.63) is 20.8 Å². The van der Waals surface area contributed by atoms with Gasteiger partial charge < -0.3 is 4.74 Å². The van der Waals surface area contributed by atoms with Crippen LogP contribution in [0.2, 0.25) is 0 Å². The van der Waals surface area contributed by atoms with Gasteiger partial charge in [-0.2, -0.15) is 11.8 Å². The van der Waals surface area contributed by atoms with Gasteiger partial charge in [-0.25, -0.2) is 0 Å². The van der Waals surface area contributed by atoms with Crippen molar-refractivity contribution in [1.29, 1.82) is 0 Å². The molecule has 2 aliphatic rings. The van der Waals surface area contributed by atoms with Gasteiger partial charge in [-0.1, -0.05) is 0 Å². The second kappa shape index (κ2) is 6.67. The highest BCUT2D eigenvalue weighted by molar-refractivity contribution is 9.10. The number of thiophene rings is 1. The van der Waals surface area contributed by atoms with Gasteiger partial charge in [0.1, 0.15) is 0 Å². The molecule has 0 bridgehead atoms. The summed E-state index contributed by atoms with van der Waals surface area (Å²) in [5.41, 5.74) is 3.17. The van der Waals surface area contributed by atoms with Crippen LogP contribution in [0, 0.1) is 5.92 Å². The Bertz CT molecular complexity index is 443. The highest BCUT2D eigenvalue weighted by Crippen LogP contribution is 2.45. The van der Waals surface area contributed by atoms with Gasteiger partial charge in [0.25, 0.3) is 0 Å². The summed E-state index contributed by atoms with van der Waals surface area (Å²) in [6, 6.07) is 2.34. The molecule has 2 aliphatic heterocycles. The van der Waals surface area contributed by atoms with Gasteiger partial charge in [-0.3, -0.25) is 11.3 Å². The molecule has 1 aromatic rings. The maximum absolute atomic E-state index is 6.19. The Morgan fingerprint density at radius 1 is 1.45 bits per heavy atom. The molecule has 1 spiro atoms. The van der Waals surface area contributed by atoms with Crippen LogP contribution in [-0.4, -0.2) is 23.7 Å². The SMILES string of the molecule is NNC(c1sccc1Br)C1CCOC2(CCSCC2)C1. The van der Waals surface area contributed by atoms with Crippen LogP contribution in [-0.2, 0) is 4.74 Å². The summed E-state index contributed by atoms with van der Waals surface area (Å²) in [5, 5.41) is 2.12. The third-order valence-electron chi connectivity index (χ3n) is 4.51. The molecule has 3 heterocycles. The Hall–Kier alpha value is 0.410. The minimum atomic E-state index is 0.118. The van der Waals surface area contributed by atoms with E-state index in [-0.39, 0.29) is 11.6 Å². The van der Waals surface area contributed by atoms with E-state index >= 15 is 0 Å². The van der Waals surface area contributed by atoms with Crippen LogP contribution in [0.4, 0.5) is 0 Å². The van der Waals surface area contributed by atoms with Crippen molar-refractivity contribution in [3.63, 3.8) is 0 Å². The molecule has 2 fully saturated rings. The molecule has 2 atom stereocenters. The van der Waals surface area contributed by atoms with E-state index in [1.54, 1.807) is 11.3 Å². The third kappa shape index (κ3) is 3.10. The zero-order chi connectivity index (χ0) is 14.0. The second-order valence-electron chi connectivity index (χ2n) is 5.67. The molecule has 0 radical (unpaired) electrons. The monoisotopic (exact) mass is 376 g/mol. The quantitative estimate of drug-likeness (QED) is 0.623. The number of hydrazine groups is 1. The molecule has 112 valence electrons. The van der Waals surface area contributed by atoms with Gasteiger partial charge in [0.05, 0.1) is 11.6 Å². The number of halogens is 1. The molecule has 0 saturated carbocycles. The van der Waals surface area contributed by atoms with E-state index in [4.69, 9.17) is 10.6 Å². The van der Waals surface area contributed by atoms with Crippen molar-refractivity contribution in [2.45, 2.75) is 37.3 Å². The molecule has 2 unspecified atom stereocenters. The third-order valence-corrected chi connectivity index (χ3v) is 7.45. The Balaban J connectivity index is 1.76. The van der Waals surface area contributed by atoms with E-state index in [0.29, 0.717) is 5.92 Å². The van der Waals surface area contributed by atoms with Crippen LogP contribution in [0.1, 0.15) is 36.6 Å². The van der Waals surface area contributed by atoms with Gasteiger partial charge in [0.15, 0.2) is 0 Å². The smallest absolute Gasteiger partial charge is 0.0701 e. The molecule has 3 rings (SSSR count). The molecule has 3 N–H and O–H groups in total. The molecule has 6 heteroatoms. The summed E-state index contributed by atoms with van der Waals surface area (Å²) < 4.78 is 7.36.